The van der Waals surface area contributed by atoms with Crippen LogP contribution in [0.1, 0.15) is 12.0 Å². The van der Waals surface area contributed by atoms with Gasteiger partial charge in [0.2, 0.25) is 0 Å². The van der Waals surface area contributed by atoms with Gasteiger partial charge in [0.1, 0.15) is 17.7 Å². The lowest BCUT2D eigenvalue weighted by atomic mass is 10.0. The molecule has 0 radical (unpaired) electrons. The van der Waals surface area contributed by atoms with Crippen LogP contribution in [0.4, 0.5) is 4.39 Å². The van der Waals surface area contributed by atoms with E-state index in [9.17, 15) is 4.39 Å². The SMILES string of the molecule is Fc1ccc2c(c1)CCC(C1CN1)O2. The molecule has 1 aromatic carbocycles. The summed E-state index contributed by atoms with van der Waals surface area (Å²) >= 11 is 0. The molecule has 2 nitrogen and oxygen atoms in total. The van der Waals surface area contributed by atoms with Crippen LogP contribution >= 0.6 is 0 Å². The van der Waals surface area contributed by atoms with Crippen LogP contribution < -0.4 is 10.1 Å². The zero-order chi connectivity index (χ0) is 9.54. The molecule has 2 unspecified atom stereocenters. The highest BCUT2D eigenvalue weighted by Crippen LogP contribution is 2.30. The molecule has 0 aliphatic carbocycles. The quantitative estimate of drug-likeness (QED) is 0.685. The molecule has 3 heteroatoms. The van der Waals surface area contributed by atoms with Crippen molar-refractivity contribution in [1.29, 1.82) is 0 Å². The zero-order valence-corrected chi connectivity index (χ0v) is 7.79. The number of aryl methyl sites for hydroxylation is 1. The molecule has 74 valence electrons. The van der Waals surface area contributed by atoms with E-state index in [-0.39, 0.29) is 11.9 Å². The van der Waals surface area contributed by atoms with E-state index in [2.05, 4.69) is 5.32 Å². The summed E-state index contributed by atoms with van der Waals surface area (Å²) in [6, 6.07) is 5.29. The van der Waals surface area contributed by atoms with Crippen molar-refractivity contribution >= 4 is 0 Å². The van der Waals surface area contributed by atoms with Gasteiger partial charge in [-0.1, -0.05) is 0 Å². The van der Waals surface area contributed by atoms with Gasteiger partial charge in [-0.25, -0.2) is 4.39 Å². The van der Waals surface area contributed by atoms with Crippen molar-refractivity contribution in [3.05, 3.63) is 29.6 Å². The van der Waals surface area contributed by atoms with E-state index in [4.69, 9.17) is 4.74 Å². The number of hydrogen-bond donors (Lipinski definition) is 1. The third-order valence-electron chi connectivity index (χ3n) is 2.89. The van der Waals surface area contributed by atoms with E-state index in [1.165, 1.54) is 6.07 Å². The number of benzene rings is 1. The van der Waals surface area contributed by atoms with Crippen LogP contribution in [0.5, 0.6) is 5.75 Å². The number of halogens is 1. The van der Waals surface area contributed by atoms with Gasteiger partial charge < -0.3 is 10.1 Å². The van der Waals surface area contributed by atoms with Gasteiger partial charge in [-0.2, -0.15) is 0 Å². The van der Waals surface area contributed by atoms with Crippen LogP contribution in [0.15, 0.2) is 18.2 Å². The van der Waals surface area contributed by atoms with Gasteiger partial charge in [0.05, 0.1) is 6.04 Å². The smallest absolute Gasteiger partial charge is 0.123 e. The fourth-order valence-electron chi connectivity index (χ4n) is 1.99. The lowest BCUT2D eigenvalue weighted by molar-refractivity contribution is 0.171. The zero-order valence-electron chi connectivity index (χ0n) is 7.79. The van der Waals surface area contributed by atoms with Crippen molar-refractivity contribution in [1.82, 2.24) is 5.32 Å². The van der Waals surface area contributed by atoms with Crippen LogP contribution in [0, 0.1) is 5.82 Å². The summed E-state index contributed by atoms with van der Waals surface area (Å²) in [5.74, 6) is 0.687. The number of fused-ring (bicyclic) bond motifs is 1. The van der Waals surface area contributed by atoms with E-state index in [0.717, 1.165) is 30.7 Å². The molecule has 0 bridgehead atoms. The van der Waals surface area contributed by atoms with Crippen molar-refractivity contribution in [2.24, 2.45) is 0 Å². The summed E-state index contributed by atoms with van der Waals surface area (Å²) in [4.78, 5) is 0. The van der Waals surface area contributed by atoms with Crippen LogP contribution in [-0.2, 0) is 6.42 Å². The normalized spacial score (nSPS) is 29.2. The molecule has 1 saturated heterocycles. The van der Waals surface area contributed by atoms with Crippen molar-refractivity contribution in [2.75, 3.05) is 6.54 Å². The minimum atomic E-state index is -0.171. The monoisotopic (exact) mass is 193 g/mol. The number of nitrogens with one attached hydrogen (secondary N) is 1. The van der Waals surface area contributed by atoms with E-state index in [0.29, 0.717) is 6.04 Å². The second-order valence-corrected chi connectivity index (χ2v) is 3.96. The predicted molar refractivity (Wildman–Crippen MR) is 50.9 cm³/mol. The van der Waals surface area contributed by atoms with Gasteiger partial charge in [0, 0.05) is 6.54 Å². The van der Waals surface area contributed by atoms with Crippen LogP contribution in [-0.4, -0.2) is 18.7 Å². The Bertz CT molecular complexity index is 362. The number of ether oxygens (including phenoxy) is 1. The Kier molecular flexibility index (Phi) is 1.74. The fourth-order valence-corrected chi connectivity index (χ4v) is 1.99. The molecule has 1 N–H and O–H groups in total. The van der Waals surface area contributed by atoms with Crippen molar-refractivity contribution in [3.63, 3.8) is 0 Å². The van der Waals surface area contributed by atoms with Crippen LogP contribution in [0.3, 0.4) is 0 Å². The third-order valence-corrected chi connectivity index (χ3v) is 2.89. The van der Waals surface area contributed by atoms with E-state index in [1.54, 1.807) is 12.1 Å². The van der Waals surface area contributed by atoms with Gasteiger partial charge in [-0.05, 0) is 36.6 Å². The Hall–Kier alpha value is -1.09. The van der Waals surface area contributed by atoms with E-state index < -0.39 is 0 Å². The molecule has 2 heterocycles. The van der Waals surface area contributed by atoms with Crippen molar-refractivity contribution in [3.8, 4) is 5.75 Å². The summed E-state index contributed by atoms with van der Waals surface area (Å²) in [5.41, 5.74) is 1.00. The lowest BCUT2D eigenvalue weighted by Gasteiger charge is -2.25. The average molecular weight is 193 g/mol. The fraction of sp³-hybridized carbons (Fsp3) is 0.455. The standard InChI is InChI=1S/C11H12FNO/c12-8-2-4-10-7(5-8)1-3-11(14-10)9-6-13-9/h2,4-5,9,11,13H,1,3,6H2. The molecule has 0 amide bonds. The molecule has 2 atom stereocenters. The average Bonchev–Trinajstić information content (AvgIpc) is 3.00. The van der Waals surface area contributed by atoms with Gasteiger partial charge in [0.15, 0.2) is 0 Å². The Balaban J connectivity index is 1.86. The van der Waals surface area contributed by atoms with Gasteiger partial charge in [0.25, 0.3) is 0 Å². The largest absolute Gasteiger partial charge is 0.488 e. The first-order valence-corrected chi connectivity index (χ1v) is 5.01. The van der Waals surface area contributed by atoms with Crippen LogP contribution in [0.25, 0.3) is 0 Å². The Morgan fingerprint density at radius 1 is 1.43 bits per heavy atom. The van der Waals surface area contributed by atoms with Crippen molar-refractivity contribution in [2.45, 2.75) is 25.0 Å². The Morgan fingerprint density at radius 2 is 2.29 bits per heavy atom. The molecule has 0 spiro atoms. The maximum absolute atomic E-state index is 12.9. The Labute approximate surface area is 82.1 Å². The lowest BCUT2D eigenvalue weighted by Crippen LogP contribution is -2.29. The maximum Gasteiger partial charge on any atom is 0.123 e. The summed E-state index contributed by atoms with van der Waals surface area (Å²) in [7, 11) is 0. The molecule has 3 rings (SSSR count). The summed E-state index contributed by atoms with van der Waals surface area (Å²) < 4.78 is 18.7. The first-order valence-electron chi connectivity index (χ1n) is 5.01. The second-order valence-electron chi connectivity index (χ2n) is 3.96. The molecule has 14 heavy (non-hydrogen) atoms. The third kappa shape index (κ3) is 1.38. The first-order chi connectivity index (χ1) is 6.83. The summed E-state index contributed by atoms with van der Waals surface area (Å²) in [5, 5.41) is 3.25. The highest BCUT2D eigenvalue weighted by molar-refractivity contribution is 5.36. The molecule has 1 aromatic rings. The van der Waals surface area contributed by atoms with E-state index >= 15 is 0 Å². The molecule has 0 aromatic heterocycles. The first kappa shape index (κ1) is 8.24. The Morgan fingerprint density at radius 3 is 3.07 bits per heavy atom. The van der Waals surface area contributed by atoms with Gasteiger partial charge >= 0.3 is 0 Å². The number of rotatable bonds is 1. The maximum atomic E-state index is 12.9. The highest BCUT2D eigenvalue weighted by Gasteiger charge is 2.34. The summed E-state index contributed by atoms with van der Waals surface area (Å²) in [6.07, 6.45) is 2.21. The number of hydrogen-bond acceptors (Lipinski definition) is 2. The topological polar surface area (TPSA) is 31.2 Å². The molecule has 0 saturated carbocycles. The van der Waals surface area contributed by atoms with E-state index in [1.807, 2.05) is 0 Å². The predicted octanol–water partition coefficient (Wildman–Crippen LogP) is 1.49. The summed E-state index contributed by atoms with van der Waals surface area (Å²) in [6.45, 7) is 1.06. The van der Waals surface area contributed by atoms with Crippen molar-refractivity contribution < 1.29 is 9.13 Å². The van der Waals surface area contributed by atoms with Gasteiger partial charge in [-0.3, -0.25) is 0 Å². The molecular formula is C11H12FNO. The molecular weight excluding hydrogens is 181 g/mol. The minimum absolute atomic E-state index is 0.171. The molecule has 2 aliphatic rings. The highest BCUT2D eigenvalue weighted by atomic mass is 19.1. The molecule has 1 fully saturated rings. The van der Waals surface area contributed by atoms with Gasteiger partial charge in [-0.15, -0.1) is 0 Å². The molecule has 2 aliphatic heterocycles. The van der Waals surface area contributed by atoms with Crippen LogP contribution in [0.2, 0.25) is 0 Å². The second kappa shape index (κ2) is 2.95. The minimum Gasteiger partial charge on any atom is -0.488 e.